The number of hydrogen-bond donors (Lipinski definition) is 2. The van der Waals surface area contributed by atoms with E-state index in [0.29, 0.717) is 37.3 Å². The average Bonchev–Trinajstić information content (AvgIpc) is 2.88. The van der Waals surface area contributed by atoms with E-state index in [4.69, 9.17) is 32.7 Å². The van der Waals surface area contributed by atoms with Crippen LogP contribution in [0.2, 0.25) is 10.0 Å². The van der Waals surface area contributed by atoms with Crippen LogP contribution in [0.25, 0.3) is 6.08 Å². The van der Waals surface area contributed by atoms with Crippen molar-refractivity contribution in [2.45, 2.75) is 0 Å². The molecule has 12 heteroatoms. The molecule has 1 aliphatic rings. The summed E-state index contributed by atoms with van der Waals surface area (Å²) in [7, 11) is 1.49. The van der Waals surface area contributed by atoms with E-state index in [9.17, 15) is 19.2 Å². The summed E-state index contributed by atoms with van der Waals surface area (Å²) in [6.07, 6.45) is 1.35. The molecule has 0 atom stereocenters. The lowest BCUT2D eigenvalue weighted by atomic mass is 10.1. The molecule has 38 heavy (non-hydrogen) atoms. The van der Waals surface area contributed by atoms with Gasteiger partial charge in [-0.1, -0.05) is 29.3 Å². The van der Waals surface area contributed by atoms with Crippen LogP contribution in [-0.4, -0.2) is 37.5 Å². The number of halogens is 3. The molecule has 4 rings (SSSR count). The number of urea groups is 1. The van der Waals surface area contributed by atoms with E-state index < -0.39 is 23.8 Å². The number of carbonyl (C=O) groups excluding carboxylic acids is 4. The summed E-state index contributed by atoms with van der Waals surface area (Å²) >= 11 is 15.2. The number of ether oxygens (including phenoxy) is 2. The zero-order chi connectivity index (χ0) is 27.4. The van der Waals surface area contributed by atoms with Crippen LogP contribution in [0.5, 0.6) is 11.5 Å². The van der Waals surface area contributed by atoms with Crippen LogP contribution < -0.4 is 25.0 Å². The molecule has 5 amide bonds. The van der Waals surface area contributed by atoms with Crippen molar-refractivity contribution in [2.24, 2.45) is 0 Å². The second-order valence-electron chi connectivity index (χ2n) is 7.81. The second-order valence-corrected chi connectivity index (χ2v) is 9.48. The molecule has 3 aromatic rings. The molecule has 0 spiro atoms. The van der Waals surface area contributed by atoms with Crippen molar-refractivity contribution < 1.29 is 28.7 Å². The lowest BCUT2D eigenvalue weighted by Crippen LogP contribution is -2.54. The molecule has 1 fully saturated rings. The molecule has 3 aromatic carbocycles. The molecule has 9 nitrogen and oxygen atoms in total. The Morgan fingerprint density at radius 3 is 2.42 bits per heavy atom. The van der Waals surface area contributed by atoms with Crippen molar-refractivity contribution in [1.82, 2.24) is 5.32 Å². The third-order valence-corrected chi connectivity index (χ3v) is 6.62. The lowest BCUT2D eigenvalue weighted by Gasteiger charge is -2.26. The Morgan fingerprint density at radius 2 is 1.76 bits per heavy atom. The first-order chi connectivity index (χ1) is 18.2. The maximum Gasteiger partial charge on any atom is 0.335 e. The molecule has 1 heterocycles. The minimum absolute atomic E-state index is 0.234. The summed E-state index contributed by atoms with van der Waals surface area (Å²) in [4.78, 5) is 51.0. The fourth-order valence-electron chi connectivity index (χ4n) is 3.43. The minimum atomic E-state index is -0.855. The van der Waals surface area contributed by atoms with Crippen molar-refractivity contribution in [2.75, 3.05) is 23.9 Å². The van der Waals surface area contributed by atoms with Crippen LogP contribution in [0.3, 0.4) is 0 Å². The maximum atomic E-state index is 13.1. The zero-order valence-electron chi connectivity index (χ0n) is 19.6. The van der Waals surface area contributed by atoms with E-state index in [1.54, 1.807) is 42.5 Å². The summed E-state index contributed by atoms with van der Waals surface area (Å²) in [5.41, 5.74) is 0.983. The van der Waals surface area contributed by atoms with E-state index in [2.05, 4.69) is 26.6 Å². The largest absolute Gasteiger partial charge is 0.497 e. The molecule has 0 saturated carbocycles. The Hall–Kier alpha value is -3.86. The predicted molar refractivity (Wildman–Crippen MR) is 147 cm³/mol. The molecular formula is C26H18BrCl2N3O6. The van der Waals surface area contributed by atoms with Gasteiger partial charge in [0, 0.05) is 5.69 Å². The lowest BCUT2D eigenvalue weighted by molar-refractivity contribution is -0.122. The van der Waals surface area contributed by atoms with Gasteiger partial charge in [-0.3, -0.25) is 19.7 Å². The first-order valence-electron chi connectivity index (χ1n) is 10.9. The van der Waals surface area contributed by atoms with Gasteiger partial charge in [-0.2, -0.15) is 0 Å². The third-order valence-electron chi connectivity index (χ3n) is 5.26. The van der Waals surface area contributed by atoms with Gasteiger partial charge in [0.2, 0.25) is 0 Å². The highest BCUT2D eigenvalue weighted by Gasteiger charge is 2.36. The molecule has 1 aliphatic heterocycles. The Morgan fingerprint density at radius 1 is 1.03 bits per heavy atom. The number of carbonyl (C=O) groups is 4. The second kappa shape index (κ2) is 11.7. The standard InChI is InChI=1S/C26H18BrCl2N3O6/c1-37-17-6-4-16(5-7-17)32-25(35)18(24(34)31-26(32)36)10-14-2-9-22(19(27)11-14)38-13-23(33)30-15-3-8-20(28)21(29)12-15/h2-12H,13H2,1H3,(H,30,33)(H,31,34,36)/b18-10+. The van der Waals surface area contributed by atoms with Crippen LogP contribution in [-0.2, 0) is 14.4 Å². The summed E-state index contributed by atoms with van der Waals surface area (Å²) in [5.74, 6) is -1.12. The maximum absolute atomic E-state index is 13.1. The normalized spacial score (nSPS) is 14.4. The highest BCUT2D eigenvalue weighted by atomic mass is 79.9. The third kappa shape index (κ3) is 6.16. The SMILES string of the molecule is COc1ccc(N2C(=O)NC(=O)/C(=C\c3ccc(OCC(=O)Nc4ccc(Cl)c(Cl)c4)c(Br)c3)C2=O)cc1. The Balaban J connectivity index is 1.46. The van der Waals surface area contributed by atoms with E-state index in [-0.39, 0.29) is 17.9 Å². The number of hydrogen-bond acceptors (Lipinski definition) is 6. The number of imide groups is 2. The van der Waals surface area contributed by atoms with Crippen LogP contribution >= 0.6 is 39.1 Å². The van der Waals surface area contributed by atoms with Crippen molar-refractivity contribution in [1.29, 1.82) is 0 Å². The van der Waals surface area contributed by atoms with E-state index in [1.165, 1.54) is 31.4 Å². The highest BCUT2D eigenvalue weighted by Crippen LogP contribution is 2.29. The molecule has 0 unspecified atom stereocenters. The van der Waals surface area contributed by atoms with Crippen LogP contribution in [0.15, 0.2) is 70.7 Å². The van der Waals surface area contributed by atoms with Gasteiger partial charge < -0.3 is 14.8 Å². The quantitative estimate of drug-likeness (QED) is 0.269. The van der Waals surface area contributed by atoms with Gasteiger partial charge in [0.05, 0.1) is 27.3 Å². The molecule has 0 radical (unpaired) electrons. The smallest absolute Gasteiger partial charge is 0.335 e. The molecule has 0 bridgehead atoms. The molecule has 0 aromatic heterocycles. The van der Waals surface area contributed by atoms with Crippen molar-refractivity contribution >= 4 is 80.3 Å². The van der Waals surface area contributed by atoms with Crippen LogP contribution in [0, 0.1) is 0 Å². The monoisotopic (exact) mass is 617 g/mol. The number of methoxy groups -OCH3 is 1. The van der Waals surface area contributed by atoms with E-state index >= 15 is 0 Å². The topological polar surface area (TPSA) is 114 Å². The number of amides is 5. The summed E-state index contributed by atoms with van der Waals surface area (Å²) in [6.45, 7) is -0.293. The Bertz CT molecular complexity index is 1480. The number of benzene rings is 3. The number of anilines is 2. The van der Waals surface area contributed by atoms with Gasteiger partial charge in [0.1, 0.15) is 17.1 Å². The van der Waals surface area contributed by atoms with E-state index in [0.717, 1.165) is 4.90 Å². The zero-order valence-corrected chi connectivity index (χ0v) is 22.7. The Labute approximate surface area is 235 Å². The molecule has 2 N–H and O–H groups in total. The summed E-state index contributed by atoms with van der Waals surface area (Å²) in [5, 5.41) is 5.50. The fourth-order valence-corrected chi connectivity index (χ4v) is 4.24. The van der Waals surface area contributed by atoms with Gasteiger partial charge in [-0.15, -0.1) is 0 Å². The minimum Gasteiger partial charge on any atom is -0.497 e. The number of rotatable bonds is 7. The van der Waals surface area contributed by atoms with Crippen LogP contribution in [0.4, 0.5) is 16.2 Å². The van der Waals surface area contributed by atoms with E-state index in [1.807, 2.05) is 0 Å². The molecule has 0 aliphatic carbocycles. The number of barbiturate groups is 1. The highest BCUT2D eigenvalue weighted by molar-refractivity contribution is 9.10. The van der Waals surface area contributed by atoms with Gasteiger partial charge in [-0.05, 0) is 82.2 Å². The Kier molecular flexibility index (Phi) is 8.35. The molecule has 1 saturated heterocycles. The number of nitrogens with zero attached hydrogens (tertiary/aromatic N) is 1. The van der Waals surface area contributed by atoms with Crippen molar-refractivity contribution in [3.63, 3.8) is 0 Å². The van der Waals surface area contributed by atoms with Gasteiger partial charge >= 0.3 is 6.03 Å². The van der Waals surface area contributed by atoms with Gasteiger partial charge in [0.25, 0.3) is 17.7 Å². The average molecular weight is 619 g/mol. The van der Waals surface area contributed by atoms with Gasteiger partial charge in [0.15, 0.2) is 6.61 Å². The molecule has 194 valence electrons. The van der Waals surface area contributed by atoms with Gasteiger partial charge in [-0.25, -0.2) is 9.69 Å². The van der Waals surface area contributed by atoms with Crippen LogP contribution in [0.1, 0.15) is 5.56 Å². The summed E-state index contributed by atoms with van der Waals surface area (Å²) in [6, 6.07) is 14.9. The van der Waals surface area contributed by atoms with Crippen molar-refractivity contribution in [3.05, 3.63) is 86.3 Å². The summed E-state index contributed by atoms with van der Waals surface area (Å²) < 4.78 is 11.1. The molecular weight excluding hydrogens is 601 g/mol. The first kappa shape index (κ1) is 27.2. The predicted octanol–water partition coefficient (Wildman–Crippen LogP) is 5.45. The first-order valence-corrected chi connectivity index (χ1v) is 12.4. The number of nitrogens with one attached hydrogen (secondary N) is 2. The fraction of sp³-hybridized carbons (Fsp3) is 0.0769. The van der Waals surface area contributed by atoms with Crippen molar-refractivity contribution in [3.8, 4) is 11.5 Å².